The first-order chi connectivity index (χ1) is 14.6. The van der Waals surface area contributed by atoms with Crippen LogP contribution in [0.1, 0.15) is 29.1 Å². The van der Waals surface area contributed by atoms with Gasteiger partial charge in [0.05, 0.1) is 6.54 Å². The van der Waals surface area contributed by atoms with Gasteiger partial charge in [0, 0.05) is 22.7 Å². The minimum absolute atomic E-state index is 0.00868. The summed E-state index contributed by atoms with van der Waals surface area (Å²) in [6.45, 7) is 2.13. The normalized spacial score (nSPS) is 15.1. The van der Waals surface area contributed by atoms with Crippen LogP contribution in [0, 0.1) is 5.92 Å². The van der Waals surface area contributed by atoms with Crippen molar-refractivity contribution >= 4 is 17.5 Å². The van der Waals surface area contributed by atoms with Crippen LogP contribution in [0.15, 0.2) is 59.1 Å². The van der Waals surface area contributed by atoms with Crippen LogP contribution in [0.3, 0.4) is 0 Å². The molecule has 154 valence electrons. The van der Waals surface area contributed by atoms with E-state index in [1.165, 1.54) is 0 Å². The number of nitrogens with two attached hydrogens (primary N) is 1. The second-order valence-corrected chi connectivity index (χ2v) is 7.36. The van der Waals surface area contributed by atoms with Gasteiger partial charge in [0.15, 0.2) is 0 Å². The van der Waals surface area contributed by atoms with Crippen molar-refractivity contribution in [2.75, 3.05) is 18.4 Å². The summed E-state index contributed by atoms with van der Waals surface area (Å²) in [5.41, 5.74) is 7.23. The van der Waals surface area contributed by atoms with Crippen LogP contribution in [-0.2, 0) is 11.3 Å². The fourth-order valence-electron chi connectivity index (χ4n) is 3.53. The van der Waals surface area contributed by atoms with E-state index in [4.69, 9.17) is 10.3 Å². The molecule has 1 aliphatic heterocycles. The van der Waals surface area contributed by atoms with E-state index >= 15 is 0 Å². The number of carbonyl (C=O) groups excluding carboxylic acids is 2. The lowest BCUT2D eigenvalue weighted by atomic mass is 9.96. The first-order valence-electron chi connectivity index (χ1n) is 9.89. The minimum Gasteiger partial charge on any atom is -0.366 e. The van der Waals surface area contributed by atoms with E-state index < -0.39 is 5.91 Å². The molecule has 3 aromatic rings. The number of carbonyl (C=O) groups is 2. The van der Waals surface area contributed by atoms with E-state index in [0.717, 1.165) is 31.5 Å². The Hall–Kier alpha value is -3.52. The average molecular weight is 405 g/mol. The van der Waals surface area contributed by atoms with Crippen LogP contribution in [0.5, 0.6) is 0 Å². The summed E-state index contributed by atoms with van der Waals surface area (Å²) in [5.74, 6) is 0.608. The highest BCUT2D eigenvalue weighted by atomic mass is 16.5. The zero-order valence-corrected chi connectivity index (χ0v) is 16.5. The molecule has 2 heterocycles. The molecule has 0 saturated carbocycles. The van der Waals surface area contributed by atoms with Crippen LogP contribution in [0.2, 0.25) is 0 Å². The Kier molecular flexibility index (Phi) is 5.85. The first-order valence-corrected chi connectivity index (χ1v) is 9.89. The maximum atomic E-state index is 12.5. The van der Waals surface area contributed by atoms with Crippen LogP contribution >= 0.6 is 0 Å². The second-order valence-electron chi connectivity index (χ2n) is 7.36. The van der Waals surface area contributed by atoms with Crippen molar-refractivity contribution in [2.45, 2.75) is 19.4 Å². The van der Waals surface area contributed by atoms with Crippen molar-refractivity contribution in [3.8, 4) is 11.4 Å². The smallest absolute Gasteiger partial charge is 0.248 e. The molecule has 1 aromatic heterocycles. The number of hydrogen-bond donors (Lipinski definition) is 2. The fourth-order valence-corrected chi connectivity index (χ4v) is 3.53. The molecule has 4 rings (SSSR count). The van der Waals surface area contributed by atoms with Crippen LogP contribution in [0.4, 0.5) is 5.69 Å². The van der Waals surface area contributed by atoms with E-state index in [-0.39, 0.29) is 11.8 Å². The number of nitrogens with zero attached hydrogens (tertiary/aromatic N) is 3. The van der Waals surface area contributed by atoms with E-state index in [1.807, 2.05) is 30.3 Å². The van der Waals surface area contributed by atoms with Gasteiger partial charge < -0.3 is 15.6 Å². The van der Waals surface area contributed by atoms with Gasteiger partial charge in [0.1, 0.15) is 0 Å². The number of nitrogens with one attached hydrogen (secondary N) is 1. The predicted octanol–water partition coefficient (Wildman–Crippen LogP) is 2.69. The summed E-state index contributed by atoms with van der Waals surface area (Å²) in [7, 11) is 0. The quantitative estimate of drug-likeness (QED) is 0.652. The summed E-state index contributed by atoms with van der Waals surface area (Å²) in [4.78, 5) is 30.4. The Bertz CT molecular complexity index is 1010. The molecule has 0 bridgehead atoms. The third-order valence-corrected chi connectivity index (χ3v) is 5.25. The van der Waals surface area contributed by atoms with E-state index in [9.17, 15) is 9.59 Å². The van der Waals surface area contributed by atoms with Crippen LogP contribution < -0.4 is 11.1 Å². The van der Waals surface area contributed by atoms with E-state index in [2.05, 4.69) is 20.4 Å². The number of likely N-dealkylation sites (tertiary alicyclic amines) is 1. The topological polar surface area (TPSA) is 114 Å². The molecule has 1 fully saturated rings. The Labute approximate surface area is 174 Å². The minimum atomic E-state index is -0.489. The SMILES string of the molecule is NC(=O)c1ccc(NC(=O)C2CCN(Cc3nc(-c4ccccc4)no3)CC2)cc1. The molecule has 0 aliphatic carbocycles. The highest BCUT2D eigenvalue weighted by Crippen LogP contribution is 2.22. The van der Waals surface area contributed by atoms with Gasteiger partial charge in [-0.25, -0.2) is 0 Å². The Balaban J connectivity index is 1.27. The van der Waals surface area contributed by atoms with Crippen LogP contribution in [-0.4, -0.2) is 39.9 Å². The van der Waals surface area contributed by atoms with Gasteiger partial charge in [-0.3, -0.25) is 14.5 Å². The zero-order valence-electron chi connectivity index (χ0n) is 16.5. The molecule has 2 aromatic carbocycles. The lowest BCUT2D eigenvalue weighted by molar-refractivity contribution is -0.121. The summed E-state index contributed by atoms with van der Waals surface area (Å²) < 4.78 is 5.39. The summed E-state index contributed by atoms with van der Waals surface area (Å²) in [6.07, 6.45) is 1.51. The molecule has 8 nitrogen and oxygen atoms in total. The van der Waals surface area contributed by atoms with Crippen molar-refractivity contribution < 1.29 is 14.1 Å². The Morgan fingerprint density at radius 1 is 1.07 bits per heavy atom. The summed E-state index contributed by atoms with van der Waals surface area (Å²) in [5, 5.41) is 6.97. The molecule has 1 aliphatic rings. The summed E-state index contributed by atoms with van der Waals surface area (Å²) in [6, 6.07) is 16.3. The number of primary amides is 1. The molecular formula is C22H23N5O3. The zero-order chi connectivity index (χ0) is 20.9. The number of hydrogen-bond acceptors (Lipinski definition) is 6. The van der Waals surface area contributed by atoms with E-state index in [1.54, 1.807) is 24.3 Å². The number of anilines is 1. The molecule has 8 heteroatoms. The standard InChI is InChI=1S/C22H23N5O3/c23-20(28)15-6-8-18(9-7-15)24-22(29)17-10-12-27(13-11-17)14-19-25-21(26-30-19)16-4-2-1-3-5-16/h1-9,17H,10-14H2,(H2,23,28)(H,24,29). The van der Waals surface area contributed by atoms with Gasteiger partial charge in [0.25, 0.3) is 0 Å². The number of rotatable bonds is 6. The van der Waals surface area contributed by atoms with Gasteiger partial charge in [-0.15, -0.1) is 0 Å². The lowest BCUT2D eigenvalue weighted by Gasteiger charge is -2.30. The molecule has 3 N–H and O–H groups in total. The maximum absolute atomic E-state index is 12.5. The van der Waals surface area contributed by atoms with Gasteiger partial charge in [-0.2, -0.15) is 4.98 Å². The molecule has 30 heavy (non-hydrogen) atoms. The molecule has 1 saturated heterocycles. The van der Waals surface area contributed by atoms with Crippen molar-refractivity contribution in [2.24, 2.45) is 11.7 Å². The molecule has 0 atom stereocenters. The van der Waals surface area contributed by atoms with Gasteiger partial charge >= 0.3 is 0 Å². The fraction of sp³-hybridized carbons (Fsp3) is 0.273. The first kappa shape index (κ1) is 19.8. The third kappa shape index (κ3) is 4.72. The number of aromatic nitrogens is 2. The molecule has 0 radical (unpaired) electrons. The van der Waals surface area contributed by atoms with Crippen molar-refractivity contribution in [3.63, 3.8) is 0 Å². The summed E-state index contributed by atoms with van der Waals surface area (Å²) >= 11 is 0. The number of piperidine rings is 1. The third-order valence-electron chi connectivity index (χ3n) is 5.25. The maximum Gasteiger partial charge on any atom is 0.248 e. The highest BCUT2D eigenvalue weighted by molar-refractivity contribution is 5.95. The monoisotopic (exact) mass is 405 g/mol. The largest absolute Gasteiger partial charge is 0.366 e. The Morgan fingerprint density at radius 2 is 1.77 bits per heavy atom. The van der Waals surface area contributed by atoms with E-state index in [0.29, 0.717) is 29.5 Å². The number of benzene rings is 2. The van der Waals surface area contributed by atoms with Gasteiger partial charge in [0.2, 0.25) is 23.5 Å². The average Bonchev–Trinajstić information content (AvgIpc) is 3.24. The predicted molar refractivity (Wildman–Crippen MR) is 111 cm³/mol. The lowest BCUT2D eigenvalue weighted by Crippen LogP contribution is -2.37. The van der Waals surface area contributed by atoms with Gasteiger partial charge in [-0.05, 0) is 50.2 Å². The number of amides is 2. The molecule has 0 unspecified atom stereocenters. The van der Waals surface area contributed by atoms with Crippen molar-refractivity contribution in [1.29, 1.82) is 0 Å². The van der Waals surface area contributed by atoms with Crippen molar-refractivity contribution in [1.82, 2.24) is 15.0 Å². The Morgan fingerprint density at radius 3 is 2.43 bits per heavy atom. The van der Waals surface area contributed by atoms with Crippen LogP contribution in [0.25, 0.3) is 11.4 Å². The molecule has 0 spiro atoms. The van der Waals surface area contributed by atoms with Gasteiger partial charge in [-0.1, -0.05) is 35.5 Å². The highest BCUT2D eigenvalue weighted by Gasteiger charge is 2.26. The molecular weight excluding hydrogens is 382 g/mol. The second kappa shape index (κ2) is 8.87. The molecule has 2 amide bonds. The van der Waals surface area contributed by atoms with Crippen molar-refractivity contribution in [3.05, 3.63) is 66.1 Å².